The van der Waals surface area contributed by atoms with E-state index >= 15 is 0 Å². The first-order valence-corrected chi connectivity index (χ1v) is 7.70. The molecule has 0 aromatic heterocycles. The number of carbonyl (C=O) groups excluding carboxylic acids is 2. The van der Waals surface area contributed by atoms with Crippen molar-refractivity contribution in [3.63, 3.8) is 0 Å². The van der Waals surface area contributed by atoms with E-state index in [0.717, 1.165) is 9.79 Å². The average Bonchev–Trinajstić information content (AvgIpc) is 2.45. The summed E-state index contributed by atoms with van der Waals surface area (Å²) in [7, 11) is 2.74. The third-order valence-corrected chi connectivity index (χ3v) is 4.87. The molecule has 0 fully saturated rings. The first kappa shape index (κ1) is 14.5. The van der Waals surface area contributed by atoms with Crippen LogP contribution in [0, 0.1) is 0 Å². The highest BCUT2D eigenvalue weighted by atomic mass is 33.1. The van der Waals surface area contributed by atoms with Crippen molar-refractivity contribution in [3.05, 3.63) is 47.5 Å². The largest absolute Gasteiger partial charge is 0.507 e. The number of phenols is 2. The van der Waals surface area contributed by atoms with E-state index in [2.05, 4.69) is 0 Å². The summed E-state index contributed by atoms with van der Waals surface area (Å²) >= 11 is 0. The van der Waals surface area contributed by atoms with E-state index in [4.69, 9.17) is 0 Å². The van der Waals surface area contributed by atoms with Gasteiger partial charge in [0.1, 0.15) is 11.5 Å². The van der Waals surface area contributed by atoms with Crippen LogP contribution in [0.25, 0.3) is 0 Å². The van der Waals surface area contributed by atoms with Crippen LogP contribution in [0.2, 0.25) is 0 Å². The summed E-state index contributed by atoms with van der Waals surface area (Å²) in [6.45, 7) is 0. The Balaban J connectivity index is 2.08. The maximum atomic E-state index is 10.6. The van der Waals surface area contributed by atoms with Crippen LogP contribution in [0.15, 0.2) is 46.2 Å². The van der Waals surface area contributed by atoms with Crippen molar-refractivity contribution in [1.82, 2.24) is 0 Å². The number of phenolic OH excluding ortho intramolecular Hbond substituents is 2. The number of carbonyl (C=O) groups is 2. The number of rotatable bonds is 5. The maximum absolute atomic E-state index is 10.6. The molecule has 20 heavy (non-hydrogen) atoms. The van der Waals surface area contributed by atoms with Gasteiger partial charge in [0.15, 0.2) is 12.6 Å². The predicted octanol–water partition coefficient (Wildman–Crippen LogP) is 3.52. The minimum atomic E-state index is -0.0650. The standard InChI is InChI=1S/C14H10O4S2/c15-7-9-1-3-11(5-13(9)17)19-20-12-4-2-10(8-16)14(18)6-12/h1-8,17-18H. The Morgan fingerprint density at radius 2 is 1.15 bits per heavy atom. The number of benzene rings is 2. The van der Waals surface area contributed by atoms with E-state index < -0.39 is 0 Å². The van der Waals surface area contributed by atoms with Crippen LogP contribution in [0.1, 0.15) is 20.7 Å². The third kappa shape index (κ3) is 3.34. The second-order valence-electron chi connectivity index (χ2n) is 3.84. The molecular formula is C14H10O4S2. The molecule has 0 aliphatic carbocycles. The van der Waals surface area contributed by atoms with Gasteiger partial charge in [0.25, 0.3) is 0 Å². The first-order chi connectivity index (χ1) is 9.63. The zero-order valence-corrected chi connectivity index (χ0v) is 11.8. The van der Waals surface area contributed by atoms with E-state index in [-0.39, 0.29) is 22.6 Å². The molecule has 0 unspecified atom stereocenters. The Labute approximate surface area is 123 Å². The van der Waals surface area contributed by atoms with Crippen LogP contribution in [-0.4, -0.2) is 22.8 Å². The second-order valence-corrected chi connectivity index (χ2v) is 6.12. The summed E-state index contributed by atoms with van der Waals surface area (Å²) in [4.78, 5) is 22.7. The van der Waals surface area contributed by atoms with E-state index in [1.165, 1.54) is 45.9 Å². The molecule has 0 aliphatic heterocycles. The highest BCUT2D eigenvalue weighted by Crippen LogP contribution is 2.40. The Morgan fingerprint density at radius 1 is 0.750 bits per heavy atom. The normalized spacial score (nSPS) is 10.2. The topological polar surface area (TPSA) is 74.6 Å². The fourth-order valence-corrected chi connectivity index (χ4v) is 3.40. The lowest BCUT2D eigenvalue weighted by Crippen LogP contribution is -1.82. The summed E-state index contributed by atoms with van der Waals surface area (Å²) in [5, 5.41) is 19.1. The SMILES string of the molecule is O=Cc1ccc(SSc2ccc(C=O)c(O)c2)cc1O. The number of aldehydes is 2. The monoisotopic (exact) mass is 306 g/mol. The molecule has 0 heterocycles. The molecule has 2 rings (SSSR count). The molecule has 0 bridgehead atoms. The van der Waals surface area contributed by atoms with Crippen LogP contribution in [-0.2, 0) is 0 Å². The van der Waals surface area contributed by atoms with Crippen molar-refractivity contribution < 1.29 is 19.8 Å². The summed E-state index contributed by atoms with van der Waals surface area (Å²) < 4.78 is 0. The molecule has 0 amide bonds. The van der Waals surface area contributed by atoms with Crippen LogP contribution in [0.3, 0.4) is 0 Å². The first-order valence-electron chi connectivity index (χ1n) is 5.55. The van der Waals surface area contributed by atoms with E-state index in [0.29, 0.717) is 12.6 Å². The van der Waals surface area contributed by atoms with Gasteiger partial charge in [-0.3, -0.25) is 9.59 Å². The minimum absolute atomic E-state index is 0.0650. The zero-order valence-electron chi connectivity index (χ0n) is 10.1. The molecule has 2 N–H and O–H groups in total. The van der Waals surface area contributed by atoms with Gasteiger partial charge in [-0.2, -0.15) is 0 Å². The lowest BCUT2D eigenvalue weighted by atomic mass is 10.2. The van der Waals surface area contributed by atoms with Crippen molar-refractivity contribution in [2.75, 3.05) is 0 Å². The summed E-state index contributed by atoms with van der Waals surface area (Å²) in [6.07, 6.45) is 1.18. The Morgan fingerprint density at radius 3 is 1.45 bits per heavy atom. The fraction of sp³-hybridized carbons (Fsp3) is 0. The molecule has 0 aliphatic rings. The molecule has 0 saturated heterocycles. The van der Waals surface area contributed by atoms with Crippen molar-refractivity contribution in [3.8, 4) is 11.5 Å². The molecule has 6 heteroatoms. The molecule has 102 valence electrons. The summed E-state index contributed by atoms with van der Waals surface area (Å²) in [5.41, 5.74) is 0.486. The molecule has 2 aromatic rings. The smallest absolute Gasteiger partial charge is 0.153 e. The minimum Gasteiger partial charge on any atom is -0.507 e. The quantitative estimate of drug-likeness (QED) is 0.650. The highest BCUT2D eigenvalue weighted by molar-refractivity contribution is 8.76. The zero-order chi connectivity index (χ0) is 14.5. The number of hydrogen-bond donors (Lipinski definition) is 2. The van der Waals surface area contributed by atoms with Gasteiger partial charge in [-0.25, -0.2) is 0 Å². The lowest BCUT2D eigenvalue weighted by Gasteiger charge is -2.04. The molecule has 0 saturated carbocycles. The summed E-state index contributed by atoms with van der Waals surface area (Å²) in [6, 6.07) is 9.53. The van der Waals surface area contributed by atoms with Gasteiger partial charge in [0.2, 0.25) is 0 Å². The second kappa shape index (κ2) is 6.49. The van der Waals surface area contributed by atoms with Crippen LogP contribution >= 0.6 is 21.6 Å². The number of hydrogen-bond acceptors (Lipinski definition) is 6. The van der Waals surface area contributed by atoms with Gasteiger partial charge in [-0.05, 0) is 36.4 Å². The van der Waals surface area contributed by atoms with Crippen molar-refractivity contribution in [2.24, 2.45) is 0 Å². The molecular weight excluding hydrogens is 296 g/mol. The van der Waals surface area contributed by atoms with Crippen molar-refractivity contribution in [1.29, 1.82) is 0 Å². The van der Waals surface area contributed by atoms with Gasteiger partial charge in [0.05, 0.1) is 11.1 Å². The Hall–Kier alpha value is -1.92. The highest BCUT2D eigenvalue weighted by Gasteiger charge is 2.05. The lowest BCUT2D eigenvalue weighted by molar-refractivity contribution is 0.111. The molecule has 2 aromatic carbocycles. The van der Waals surface area contributed by atoms with Gasteiger partial charge >= 0.3 is 0 Å². The van der Waals surface area contributed by atoms with Crippen LogP contribution in [0.4, 0.5) is 0 Å². The van der Waals surface area contributed by atoms with Gasteiger partial charge in [-0.1, -0.05) is 21.6 Å². The molecule has 0 atom stereocenters. The number of aromatic hydroxyl groups is 2. The van der Waals surface area contributed by atoms with E-state index in [1.54, 1.807) is 12.1 Å². The van der Waals surface area contributed by atoms with Gasteiger partial charge < -0.3 is 10.2 Å². The maximum Gasteiger partial charge on any atom is 0.153 e. The van der Waals surface area contributed by atoms with Crippen LogP contribution < -0.4 is 0 Å². The van der Waals surface area contributed by atoms with E-state index in [1.807, 2.05) is 0 Å². The molecule has 0 radical (unpaired) electrons. The van der Waals surface area contributed by atoms with Gasteiger partial charge in [-0.15, -0.1) is 0 Å². The average molecular weight is 306 g/mol. The molecule has 0 spiro atoms. The Bertz CT molecular complexity index is 598. The fourth-order valence-electron chi connectivity index (χ4n) is 1.45. The van der Waals surface area contributed by atoms with Crippen molar-refractivity contribution in [2.45, 2.75) is 9.79 Å². The Kier molecular flexibility index (Phi) is 4.70. The van der Waals surface area contributed by atoms with Gasteiger partial charge in [0, 0.05) is 9.79 Å². The third-order valence-electron chi connectivity index (χ3n) is 2.49. The van der Waals surface area contributed by atoms with Crippen molar-refractivity contribution >= 4 is 34.2 Å². The summed E-state index contributed by atoms with van der Waals surface area (Å²) in [5.74, 6) is -0.130. The molecule has 4 nitrogen and oxygen atoms in total. The predicted molar refractivity (Wildman–Crippen MR) is 78.7 cm³/mol. The van der Waals surface area contributed by atoms with E-state index in [9.17, 15) is 19.8 Å². The van der Waals surface area contributed by atoms with Crippen LogP contribution in [0.5, 0.6) is 11.5 Å².